The number of carbonyl (C=O) groups excluding carboxylic acids is 1. The van der Waals surface area contributed by atoms with E-state index in [0.717, 1.165) is 12.8 Å². The zero-order chi connectivity index (χ0) is 12.0. The lowest BCUT2D eigenvalue weighted by Gasteiger charge is -2.11. The van der Waals surface area contributed by atoms with Gasteiger partial charge in [0.15, 0.2) is 0 Å². The van der Waals surface area contributed by atoms with Crippen LogP contribution in [0.5, 0.6) is 0 Å². The van der Waals surface area contributed by atoms with Gasteiger partial charge in [0.1, 0.15) is 5.82 Å². The van der Waals surface area contributed by atoms with Crippen molar-refractivity contribution in [2.24, 2.45) is 5.73 Å². The zero-order valence-electron chi connectivity index (χ0n) is 9.37. The fraction of sp³-hybridized carbons (Fsp3) is 0.417. The molecule has 1 atom stereocenters. The largest absolute Gasteiger partial charge is 0.325 e. The second kappa shape index (κ2) is 6.23. The van der Waals surface area contributed by atoms with E-state index in [9.17, 15) is 9.18 Å². The van der Waals surface area contributed by atoms with Gasteiger partial charge >= 0.3 is 0 Å². The maximum absolute atomic E-state index is 12.6. The summed E-state index contributed by atoms with van der Waals surface area (Å²) in [4.78, 5) is 11.6. The molecule has 0 aliphatic heterocycles. The first-order valence-corrected chi connectivity index (χ1v) is 5.45. The Hall–Kier alpha value is -1.42. The highest BCUT2D eigenvalue weighted by molar-refractivity contribution is 5.94. The first kappa shape index (κ1) is 12.6. The topological polar surface area (TPSA) is 55.1 Å². The summed E-state index contributed by atoms with van der Waals surface area (Å²) in [6.45, 7) is 2.05. The molecule has 0 spiro atoms. The van der Waals surface area contributed by atoms with E-state index in [4.69, 9.17) is 5.73 Å². The summed E-state index contributed by atoms with van der Waals surface area (Å²) < 4.78 is 12.6. The molecule has 3 N–H and O–H groups in total. The van der Waals surface area contributed by atoms with E-state index in [1.54, 1.807) is 0 Å². The number of hydrogen-bond donors (Lipinski definition) is 2. The number of halogens is 1. The third-order valence-corrected chi connectivity index (χ3v) is 2.32. The number of rotatable bonds is 5. The Bertz CT molecular complexity index is 337. The molecule has 1 aromatic rings. The number of nitrogens with one attached hydrogen (secondary N) is 1. The molecule has 0 aromatic heterocycles. The number of hydrogen-bond acceptors (Lipinski definition) is 2. The highest BCUT2D eigenvalue weighted by Crippen LogP contribution is 2.09. The van der Waals surface area contributed by atoms with E-state index in [1.165, 1.54) is 24.3 Å². The quantitative estimate of drug-likeness (QED) is 0.806. The fourth-order valence-electron chi connectivity index (χ4n) is 1.32. The van der Waals surface area contributed by atoms with Crippen LogP contribution >= 0.6 is 0 Å². The number of carbonyl (C=O) groups is 1. The van der Waals surface area contributed by atoms with Crippen molar-refractivity contribution in [1.29, 1.82) is 0 Å². The summed E-state index contributed by atoms with van der Waals surface area (Å²) in [5.41, 5.74) is 6.26. The van der Waals surface area contributed by atoms with Crippen LogP contribution < -0.4 is 11.1 Å². The summed E-state index contributed by atoms with van der Waals surface area (Å²) in [6, 6.07) is 5.13. The van der Waals surface area contributed by atoms with Crippen molar-refractivity contribution in [2.75, 3.05) is 5.32 Å². The lowest BCUT2D eigenvalue weighted by atomic mass is 10.1. The predicted molar refractivity (Wildman–Crippen MR) is 62.5 cm³/mol. The summed E-state index contributed by atoms with van der Waals surface area (Å²) >= 11 is 0. The van der Waals surface area contributed by atoms with E-state index in [1.807, 2.05) is 6.92 Å². The van der Waals surface area contributed by atoms with E-state index in [2.05, 4.69) is 5.32 Å². The maximum atomic E-state index is 12.6. The molecule has 16 heavy (non-hydrogen) atoms. The molecule has 1 rings (SSSR count). The highest BCUT2D eigenvalue weighted by atomic mass is 19.1. The molecule has 0 bridgehead atoms. The lowest BCUT2D eigenvalue weighted by molar-refractivity contribution is -0.117. The van der Waals surface area contributed by atoms with Gasteiger partial charge < -0.3 is 11.1 Å². The fourth-order valence-corrected chi connectivity index (χ4v) is 1.32. The Morgan fingerprint density at radius 3 is 2.62 bits per heavy atom. The van der Waals surface area contributed by atoms with Gasteiger partial charge in [-0.25, -0.2) is 4.39 Å². The Labute approximate surface area is 94.8 Å². The van der Waals surface area contributed by atoms with Crippen LogP contribution in [0, 0.1) is 5.82 Å². The van der Waals surface area contributed by atoms with Gasteiger partial charge in [0.25, 0.3) is 0 Å². The van der Waals surface area contributed by atoms with Gasteiger partial charge in [-0.2, -0.15) is 0 Å². The molecule has 0 radical (unpaired) electrons. The van der Waals surface area contributed by atoms with E-state index in [0.29, 0.717) is 12.1 Å². The third kappa shape index (κ3) is 3.98. The van der Waals surface area contributed by atoms with E-state index >= 15 is 0 Å². The minimum atomic E-state index is -0.495. The Morgan fingerprint density at radius 2 is 2.06 bits per heavy atom. The lowest BCUT2D eigenvalue weighted by Crippen LogP contribution is -2.35. The van der Waals surface area contributed by atoms with Crippen LogP contribution in [0.15, 0.2) is 24.3 Å². The van der Waals surface area contributed by atoms with Crippen molar-refractivity contribution in [3.05, 3.63) is 30.1 Å². The van der Waals surface area contributed by atoms with E-state index < -0.39 is 6.04 Å². The molecule has 88 valence electrons. The van der Waals surface area contributed by atoms with Gasteiger partial charge in [0.2, 0.25) is 5.91 Å². The zero-order valence-corrected chi connectivity index (χ0v) is 9.37. The average molecular weight is 224 g/mol. The smallest absolute Gasteiger partial charge is 0.241 e. The van der Waals surface area contributed by atoms with Crippen LogP contribution in [-0.4, -0.2) is 11.9 Å². The maximum Gasteiger partial charge on any atom is 0.241 e. The van der Waals surface area contributed by atoms with Gasteiger partial charge in [0.05, 0.1) is 6.04 Å². The average Bonchev–Trinajstić information content (AvgIpc) is 2.29. The molecule has 4 heteroatoms. The van der Waals surface area contributed by atoms with Gasteiger partial charge in [0, 0.05) is 5.69 Å². The first-order chi connectivity index (χ1) is 7.63. The molecule has 0 fully saturated rings. The molecule has 0 aliphatic carbocycles. The highest BCUT2D eigenvalue weighted by Gasteiger charge is 2.12. The summed E-state index contributed by atoms with van der Waals surface area (Å²) in [7, 11) is 0. The molecule has 0 heterocycles. The monoisotopic (exact) mass is 224 g/mol. The molecular weight excluding hydrogens is 207 g/mol. The number of anilines is 1. The van der Waals surface area contributed by atoms with E-state index in [-0.39, 0.29) is 11.7 Å². The second-order valence-electron chi connectivity index (χ2n) is 3.74. The van der Waals surface area contributed by atoms with Crippen molar-refractivity contribution in [3.8, 4) is 0 Å². The number of nitrogens with two attached hydrogens (primary N) is 1. The minimum absolute atomic E-state index is 0.222. The second-order valence-corrected chi connectivity index (χ2v) is 3.74. The van der Waals surface area contributed by atoms with Crippen molar-refractivity contribution in [3.63, 3.8) is 0 Å². The van der Waals surface area contributed by atoms with Gasteiger partial charge in [-0.1, -0.05) is 19.8 Å². The molecular formula is C12H17FN2O. The Morgan fingerprint density at radius 1 is 1.44 bits per heavy atom. The Balaban J connectivity index is 2.47. The summed E-state index contributed by atoms with van der Waals surface area (Å²) in [5, 5.41) is 2.65. The van der Waals surface area contributed by atoms with Gasteiger partial charge in [-0.3, -0.25) is 4.79 Å². The van der Waals surface area contributed by atoms with Crippen LogP contribution in [0.3, 0.4) is 0 Å². The molecule has 0 saturated carbocycles. The Kier molecular flexibility index (Phi) is 4.92. The number of amides is 1. The minimum Gasteiger partial charge on any atom is -0.325 e. The van der Waals surface area contributed by atoms with Crippen molar-refractivity contribution in [2.45, 2.75) is 32.2 Å². The standard InChI is InChI=1S/C12H17FN2O/c1-2-3-4-11(14)12(16)15-10-7-5-9(13)6-8-10/h5-8,11H,2-4,14H2,1H3,(H,15,16). The molecule has 1 amide bonds. The number of benzene rings is 1. The van der Waals surface area contributed by atoms with Crippen molar-refractivity contribution in [1.82, 2.24) is 0 Å². The van der Waals surface area contributed by atoms with Crippen LogP contribution in [0.25, 0.3) is 0 Å². The van der Waals surface area contributed by atoms with Crippen LogP contribution in [-0.2, 0) is 4.79 Å². The van der Waals surface area contributed by atoms with Crippen LogP contribution in [0.4, 0.5) is 10.1 Å². The molecule has 3 nitrogen and oxygen atoms in total. The summed E-state index contributed by atoms with van der Waals surface area (Å²) in [6.07, 6.45) is 2.61. The van der Waals surface area contributed by atoms with Crippen LogP contribution in [0.1, 0.15) is 26.2 Å². The van der Waals surface area contributed by atoms with Crippen molar-refractivity contribution >= 4 is 11.6 Å². The van der Waals surface area contributed by atoms with Gasteiger partial charge in [-0.05, 0) is 30.7 Å². The normalized spacial score (nSPS) is 12.2. The first-order valence-electron chi connectivity index (χ1n) is 5.45. The third-order valence-electron chi connectivity index (χ3n) is 2.32. The number of unbranched alkanes of at least 4 members (excludes halogenated alkanes) is 1. The van der Waals surface area contributed by atoms with Crippen LogP contribution in [0.2, 0.25) is 0 Å². The molecule has 0 aliphatic rings. The molecule has 0 saturated heterocycles. The molecule has 1 aromatic carbocycles. The van der Waals surface area contributed by atoms with Gasteiger partial charge in [-0.15, -0.1) is 0 Å². The summed E-state index contributed by atoms with van der Waals surface area (Å²) in [5.74, 6) is -0.548. The molecule has 1 unspecified atom stereocenters. The predicted octanol–water partition coefficient (Wildman–Crippen LogP) is 2.28. The van der Waals surface area contributed by atoms with Crippen molar-refractivity contribution < 1.29 is 9.18 Å². The SMILES string of the molecule is CCCCC(N)C(=O)Nc1ccc(F)cc1.